The Kier molecular flexibility index (Phi) is 7.37. The van der Waals surface area contributed by atoms with E-state index in [4.69, 9.17) is 9.90 Å². The maximum Gasteiger partial charge on any atom is 0.290 e. The Balaban J connectivity index is 0.000000983. The molecule has 0 atom stereocenters. The van der Waals surface area contributed by atoms with Gasteiger partial charge in [0.05, 0.1) is 16.7 Å². The van der Waals surface area contributed by atoms with Crippen LogP contribution in [0.1, 0.15) is 26.5 Å². The van der Waals surface area contributed by atoms with E-state index in [1.54, 1.807) is 42.7 Å². The molecule has 0 bridgehead atoms. The third-order valence-electron chi connectivity index (χ3n) is 6.70. The summed E-state index contributed by atoms with van der Waals surface area (Å²) in [5, 5.41) is 8.92. The summed E-state index contributed by atoms with van der Waals surface area (Å²) < 4.78 is 0. The number of ketones is 1. The average molecular weight is 523 g/mol. The standard InChI is InChI=1S/C28H24N6O2.CH2O2/c1-33-10-12-34(13-11-33)28(36)19-6-7-23-25(15-19)32-27(31-23)26(35)18-8-9-30-24(14-18)22-17-29-16-20-4-2-3-5-21(20)22;2-1-3/h2-9,14-17H,10-13H2,1H3,(H,31,32);1H,(H,2,3). The fraction of sp³-hybridized carbons (Fsp3) is 0.172. The highest BCUT2D eigenvalue weighted by Crippen LogP contribution is 2.27. The molecule has 2 N–H and O–H groups in total. The summed E-state index contributed by atoms with van der Waals surface area (Å²) in [5.74, 6) is -0.0210. The molecule has 4 heterocycles. The number of benzene rings is 2. The van der Waals surface area contributed by atoms with Gasteiger partial charge in [0.25, 0.3) is 12.4 Å². The van der Waals surface area contributed by atoms with Crippen molar-refractivity contribution < 1.29 is 19.5 Å². The van der Waals surface area contributed by atoms with Crippen molar-refractivity contribution in [3.05, 3.63) is 90.1 Å². The molecule has 1 fully saturated rings. The van der Waals surface area contributed by atoms with Crippen LogP contribution < -0.4 is 0 Å². The normalized spacial score (nSPS) is 13.6. The molecule has 1 amide bonds. The second kappa shape index (κ2) is 11.2. The number of aromatic nitrogens is 4. The van der Waals surface area contributed by atoms with Crippen molar-refractivity contribution in [2.24, 2.45) is 0 Å². The fourth-order valence-corrected chi connectivity index (χ4v) is 4.62. The number of likely N-dealkylation sites (N-methyl/N-ethyl adjacent to an activating group) is 1. The zero-order valence-corrected chi connectivity index (χ0v) is 21.2. The molecule has 5 aromatic rings. The first kappa shape index (κ1) is 25.7. The third kappa shape index (κ3) is 5.36. The van der Waals surface area contributed by atoms with Crippen molar-refractivity contribution in [1.29, 1.82) is 0 Å². The van der Waals surface area contributed by atoms with E-state index in [-0.39, 0.29) is 24.0 Å². The SMILES string of the molecule is CN1CCN(C(=O)c2ccc3nc(C(=O)c4ccnc(-c5cncc6ccccc56)c4)[nH]c3c2)CC1.O=CO. The lowest BCUT2D eigenvalue weighted by molar-refractivity contribution is -0.122. The minimum absolute atomic E-state index is 0.00468. The summed E-state index contributed by atoms with van der Waals surface area (Å²) in [4.78, 5) is 55.2. The lowest BCUT2D eigenvalue weighted by Crippen LogP contribution is -2.47. The number of piperazine rings is 1. The van der Waals surface area contributed by atoms with E-state index in [0.29, 0.717) is 40.9 Å². The van der Waals surface area contributed by atoms with Crippen LogP contribution in [0.4, 0.5) is 0 Å². The van der Waals surface area contributed by atoms with Crippen LogP contribution in [0, 0.1) is 0 Å². The molecule has 1 aliphatic heterocycles. The molecule has 10 heteroatoms. The van der Waals surface area contributed by atoms with Gasteiger partial charge in [0, 0.05) is 66.8 Å². The van der Waals surface area contributed by atoms with Gasteiger partial charge in [-0.15, -0.1) is 0 Å². The molecule has 1 saturated heterocycles. The average Bonchev–Trinajstić information content (AvgIpc) is 3.40. The first-order valence-electron chi connectivity index (χ1n) is 12.4. The monoisotopic (exact) mass is 522 g/mol. The number of hydrogen-bond donors (Lipinski definition) is 2. The van der Waals surface area contributed by atoms with Gasteiger partial charge in [-0.2, -0.15) is 0 Å². The number of H-pyrrole nitrogens is 1. The second-order valence-electron chi connectivity index (χ2n) is 9.19. The largest absolute Gasteiger partial charge is 0.483 e. The van der Waals surface area contributed by atoms with Crippen molar-refractivity contribution in [3.8, 4) is 11.3 Å². The Morgan fingerprint density at radius 2 is 1.74 bits per heavy atom. The Morgan fingerprint density at radius 3 is 2.54 bits per heavy atom. The molecule has 196 valence electrons. The number of carbonyl (C=O) groups is 3. The Bertz CT molecular complexity index is 1670. The van der Waals surface area contributed by atoms with E-state index in [0.717, 1.165) is 29.4 Å². The van der Waals surface area contributed by atoms with Crippen LogP contribution in [0.3, 0.4) is 0 Å². The number of hydrogen-bond acceptors (Lipinski definition) is 7. The molecule has 0 unspecified atom stereocenters. The number of rotatable bonds is 4. The molecule has 10 nitrogen and oxygen atoms in total. The molecule has 39 heavy (non-hydrogen) atoms. The molecule has 2 aromatic carbocycles. The van der Waals surface area contributed by atoms with Crippen molar-refractivity contribution in [2.75, 3.05) is 33.2 Å². The van der Waals surface area contributed by atoms with E-state index in [2.05, 4.69) is 31.9 Å². The third-order valence-corrected chi connectivity index (χ3v) is 6.70. The topological polar surface area (TPSA) is 132 Å². The molecule has 1 aliphatic rings. The van der Waals surface area contributed by atoms with Gasteiger partial charge in [0.2, 0.25) is 5.78 Å². The van der Waals surface area contributed by atoms with Crippen LogP contribution in [0.25, 0.3) is 33.1 Å². The summed E-state index contributed by atoms with van der Waals surface area (Å²) in [7, 11) is 2.06. The molecule has 0 radical (unpaired) electrons. The maximum absolute atomic E-state index is 13.3. The maximum atomic E-state index is 13.3. The summed E-state index contributed by atoms with van der Waals surface area (Å²) in [6.07, 6.45) is 5.20. The lowest BCUT2D eigenvalue weighted by Gasteiger charge is -2.32. The second-order valence-corrected chi connectivity index (χ2v) is 9.19. The molecule has 0 aliphatic carbocycles. The van der Waals surface area contributed by atoms with Crippen molar-refractivity contribution in [2.45, 2.75) is 0 Å². The van der Waals surface area contributed by atoms with E-state index < -0.39 is 0 Å². The number of nitrogens with one attached hydrogen (secondary N) is 1. The number of pyridine rings is 2. The van der Waals surface area contributed by atoms with Gasteiger partial charge in [0.1, 0.15) is 0 Å². The lowest BCUT2D eigenvalue weighted by atomic mass is 10.0. The Morgan fingerprint density at radius 1 is 0.974 bits per heavy atom. The van der Waals surface area contributed by atoms with E-state index >= 15 is 0 Å². The summed E-state index contributed by atoms with van der Waals surface area (Å²) in [6.45, 7) is 2.88. The van der Waals surface area contributed by atoms with Gasteiger partial charge in [-0.25, -0.2) is 4.98 Å². The summed E-state index contributed by atoms with van der Waals surface area (Å²) in [6, 6.07) is 16.7. The van der Waals surface area contributed by atoms with Gasteiger partial charge < -0.3 is 19.9 Å². The van der Waals surface area contributed by atoms with Crippen LogP contribution in [0.2, 0.25) is 0 Å². The zero-order valence-electron chi connectivity index (χ0n) is 21.2. The fourth-order valence-electron chi connectivity index (χ4n) is 4.62. The predicted molar refractivity (Wildman–Crippen MR) is 147 cm³/mol. The number of carboxylic acid groups (broad SMARTS) is 1. The quantitative estimate of drug-likeness (QED) is 0.271. The van der Waals surface area contributed by atoms with Crippen LogP contribution in [-0.2, 0) is 4.79 Å². The smallest absolute Gasteiger partial charge is 0.290 e. The van der Waals surface area contributed by atoms with E-state index in [9.17, 15) is 9.59 Å². The van der Waals surface area contributed by atoms with Crippen LogP contribution in [0.15, 0.2) is 73.2 Å². The predicted octanol–water partition coefficient (Wildman–Crippen LogP) is 3.49. The van der Waals surface area contributed by atoms with Crippen LogP contribution in [0.5, 0.6) is 0 Å². The summed E-state index contributed by atoms with van der Waals surface area (Å²) >= 11 is 0. The number of amides is 1. The minimum atomic E-state index is -0.250. The Hall–Kier alpha value is -4.96. The van der Waals surface area contributed by atoms with Gasteiger partial charge in [0.15, 0.2) is 5.82 Å². The molecule has 0 saturated carbocycles. The number of imidazole rings is 1. The highest BCUT2D eigenvalue weighted by molar-refractivity contribution is 6.09. The van der Waals surface area contributed by atoms with Crippen molar-refractivity contribution >= 4 is 40.0 Å². The number of fused-ring (bicyclic) bond motifs is 2. The summed E-state index contributed by atoms with van der Waals surface area (Å²) in [5.41, 5.74) is 3.89. The van der Waals surface area contributed by atoms with Gasteiger partial charge >= 0.3 is 0 Å². The van der Waals surface area contributed by atoms with Gasteiger partial charge in [-0.1, -0.05) is 24.3 Å². The van der Waals surface area contributed by atoms with Gasteiger partial charge in [-0.3, -0.25) is 24.4 Å². The van der Waals surface area contributed by atoms with E-state index in [1.165, 1.54) is 0 Å². The minimum Gasteiger partial charge on any atom is -0.483 e. The highest BCUT2D eigenvalue weighted by Gasteiger charge is 2.22. The number of carbonyl (C=O) groups excluding carboxylic acids is 2. The van der Waals surface area contributed by atoms with E-state index in [1.807, 2.05) is 35.4 Å². The number of aromatic amines is 1. The van der Waals surface area contributed by atoms with Crippen molar-refractivity contribution in [3.63, 3.8) is 0 Å². The molecular formula is C29H26N6O4. The van der Waals surface area contributed by atoms with Crippen LogP contribution >= 0.6 is 0 Å². The number of nitrogens with zero attached hydrogens (tertiary/aromatic N) is 5. The molecule has 6 rings (SSSR count). The molecule has 0 spiro atoms. The van der Waals surface area contributed by atoms with Crippen molar-refractivity contribution in [1.82, 2.24) is 29.7 Å². The first-order valence-corrected chi connectivity index (χ1v) is 12.4. The van der Waals surface area contributed by atoms with Gasteiger partial charge in [-0.05, 0) is 42.8 Å². The zero-order chi connectivity index (χ0) is 27.4. The first-order chi connectivity index (χ1) is 19.0. The molecule has 3 aromatic heterocycles. The van der Waals surface area contributed by atoms with Crippen LogP contribution in [-0.4, -0.2) is 86.2 Å². The molecular weight excluding hydrogens is 496 g/mol. The Labute approximate surface area is 223 Å². The highest BCUT2D eigenvalue weighted by atomic mass is 16.3.